The molecule has 0 saturated carbocycles. The fourth-order valence-electron chi connectivity index (χ4n) is 4.69. The molecule has 0 saturated heterocycles. The predicted molar refractivity (Wildman–Crippen MR) is 154 cm³/mol. The van der Waals surface area contributed by atoms with Gasteiger partial charge in [-0.05, 0) is 29.2 Å². The summed E-state index contributed by atoms with van der Waals surface area (Å²) in [5.41, 5.74) is 11.6. The molecule has 5 rings (SSSR count). The third-order valence-corrected chi connectivity index (χ3v) is 6.97. The number of aliphatic hydroxyl groups excluding tert-OH is 1. The van der Waals surface area contributed by atoms with E-state index in [-0.39, 0.29) is 18.0 Å². The summed E-state index contributed by atoms with van der Waals surface area (Å²) in [6.45, 7) is 4.10. The first-order chi connectivity index (χ1) is 18.9. The van der Waals surface area contributed by atoms with E-state index in [1.165, 1.54) is 4.52 Å². The summed E-state index contributed by atoms with van der Waals surface area (Å²) in [5, 5.41) is 18.6. The van der Waals surface area contributed by atoms with Gasteiger partial charge >= 0.3 is 0 Å². The predicted octanol–water partition coefficient (Wildman–Crippen LogP) is 4.42. The number of nitrogens with one attached hydrogen (secondary N) is 2. The zero-order chi connectivity index (χ0) is 27.5. The van der Waals surface area contributed by atoms with E-state index in [0.717, 1.165) is 16.7 Å². The summed E-state index contributed by atoms with van der Waals surface area (Å²) < 4.78 is 6.75. The molecule has 39 heavy (non-hydrogen) atoms. The number of ether oxygens (including phenoxy) is 1. The van der Waals surface area contributed by atoms with Gasteiger partial charge < -0.3 is 20.6 Å². The Hall–Kier alpha value is -4.24. The molecule has 2 heterocycles. The number of aromatic amines is 1. The fourth-order valence-corrected chi connectivity index (χ4v) is 4.69. The Balaban J connectivity index is 1.75. The van der Waals surface area contributed by atoms with Crippen molar-refractivity contribution in [1.82, 2.24) is 19.9 Å². The lowest BCUT2D eigenvalue weighted by atomic mass is 10.0. The molecular weight excluding hydrogens is 490 g/mol. The third-order valence-electron chi connectivity index (χ3n) is 6.97. The second-order valence-electron chi connectivity index (χ2n) is 9.88. The molecule has 0 spiro atoms. The highest BCUT2D eigenvalue weighted by molar-refractivity contribution is 5.91. The van der Waals surface area contributed by atoms with Gasteiger partial charge in [0.05, 0.1) is 18.2 Å². The highest BCUT2D eigenvalue weighted by atomic mass is 16.5. The molecule has 200 valence electrons. The van der Waals surface area contributed by atoms with Crippen LogP contribution in [0.1, 0.15) is 19.5 Å². The van der Waals surface area contributed by atoms with Gasteiger partial charge in [0, 0.05) is 23.8 Å². The zero-order valence-corrected chi connectivity index (χ0v) is 22.3. The number of rotatable bonds is 9. The summed E-state index contributed by atoms with van der Waals surface area (Å²) in [7, 11) is 1.60. The molecule has 2 aromatic heterocycles. The van der Waals surface area contributed by atoms with Crippen molar-refractivity contribution in [2.75, 3.05) is 7.11 Å². The van der Waals surface area contributed by atoms with Gasteiger partial charge in [-0.25, -0.2) is 0 Å². The lowest BCUT2D eigenvalue weighted by molar-refractivity contribution is 0.0894. The van der Waals surface area contributed by atoms with Gasteiger partial charge in [0.1, 0.15) is 23.3 Å². The van der Waals surface area contributed by atoms with E-state index < -0.39 is 12.3 Å². The number of benzene rings is 3. The quantitative estimate of drug-likeness (QED) is 0.213. The SMILES string of the molecule is COc1ccc(-c2c(CNC(O)[C@@H](N)C(C)C)[nH]c3c(-c4ccccc4)c(-c4ccccc4)nn3c2=O)cc1. The van der Waals surface area contributed by atoms with Gasteiger partial charge in [-0.3, -0.25) is 10.1 Å². The van der Waals surface area contributed by atoms with E-state index in [0.29, 0.717) is 33.9 Å². The van der Waals surface area contributed by atoms with Crippen LogP contribution in [0.15, 0.2) is 89.7 Å². The molecule has 0 bridgehead atoms. The number of aliphatic hydroxyl groups is 1. The van der Waals surface area contributed by atoms with Crippen molar-refractivity contribution >= 4 is 5.65 Å². The molecule has 0 amide bonds. The lowest BCUT2D eigenvalue weighted by Crippen LogP contribution is -2.47. The average Bonchev–Trinajstić information content (AvgIpc) is 3.36. The van der Waals surface area contributed by atoms with Gasteiger partial charge in [0.25, 0.3) is 5.56 Å². The van der Waals surface area contributed by atoms with Crippen LogP contribution in [0.5, 0.6) is 5.75 Å². The number of nitrogens with zero attached hydrogens (tertiary/aromatic N) is 2. The van der Waals surface area contributed by atoms with Crippen molar-refractivity contribution in [1.29, 1.82) is 0 Å². The van der Waals surface area contributed by atoms with E-state index in [4.69, 9.17) is 15.6 Å². The highest BCUT2D eigenvalue weighted by Crippen LogP contribution is 2.35. The number of fused-ring (bicyclic) bond motifs is 1. The molecule has 0 fully saturated rings. The molecule has 2 atom stereocenters. The first-order valence-electron chi connectivity index (χ1n) is 13.0. The van der Waals surface area contributed by atoms with Crippen LogP contribution in [0.25, 0.3) is 39.2 Å². The van der Waals surface area contributed by atoms with Crippen molar-refractivity contribution in [3.63, 3.8) is 0 Å². The number of hydrogen-bond donors (Lipinski definition) is 4. The van der Waals surface area contributed by atoms with Crippen LogP contribution < -0.4 is 21.3 Å². The highest BCUT2D eigenvalue weighted by Gasteiger charge is 2.24. The number of hydrogen-bond acceptors (Lipinski definition) is 6. The minimum atomic E-state index is -0.952. The normalized spacial score (nSPS) is 13.1. The Kier molecular flexibility index (Phi) is 7.60. The van der Waals surface area contributed by atoms with E-state index in [9.17, 15) is 9.90 Å². The first kappa shape index (κ1) is 26.4. The van der Waals surface area contributed by atoms with Gasteiger partial charge in [0.15, 0.2) is 0 Å². The van der Waals surface area contributed by atoms with Crippen molar-refractivity contribution < 1.29 is 9.84 Å². The van der Waals surface area contributed by atoms with Crippen LogP contribution in [-0.4, -0.2) is 39.1 Å². The Morgan fingerprint density at radius 3 is 2.10 bits per heavy atom. The molecule has 1 unspecified atom stereocenters. The number of aromatic nitrogens is 3. The molecule has 0 aliphatic heterocycles. The average molecular weight is 524 g/mol. The zero-order valence-electron chi connectivity index (χ0n) is 22.3. The summed E-state index contributed by atoms with van der Waals surface area (Å²) in [6, 6.07) is 26.5. The second kappa shape index (κ2) is 11.2. The second-order valence-corrected chi connectivity index (χ2v) is 9.88. The molecule has 0 radical (unpaired) electrons. The van der Waals surface area contributed by atoms with E-state index in [1.54, 1.807) is 7.11 Å². The largest absolute Gasteiger partial charge is 0.497 e. The standard InChI is InChI=1S/C31H33N5O3/c1-19(2)27(32)30(37)33-18-24-25(21-14-16-23(39-3)17-15-21)31(38)36-29(34-24)26(20-10-6-4-7-11-20)28(35-36)22-12-8-5-9-13-22/h4-17,19,27,30,33-34,37H,18,32H2,1-3H3/t27-,30?/m0/s1. The van der Waals surface area contributed by atoms with Gasteiger partial charge in [-0.15, -0.1) is 0 Å². The maximum atomic E-state index is 14.2. The topological polar surface area (TPSA) is 118 Å². The number of nitrogens with two attached hydrogens (primary N) is 1. The molecular formula is C31H33N5O3. The molecule has 8 nitrogen and oxygen atoms in total. The Morgan fingerprint density at radius 1 is 0.923 bits per heavy atom. The maximum absolute atomic E-state index is 14.2. The fraction of sp³-hybridized carbons (Fsp3) is 0.226. The van der Waals surface area contributed by atoms with E-state index in [2.05, 4.69) is 10.3 Å². The summed E-state index contributed by atoms with van der Waals surface area (Å²) >= 11 is 0. The minimum absolute atomic E-state index is 0.0723. The Bertz CT molecular complexity index is 1610. The van der Waals surface area contributed by atoms with Crippen LogP contribution >= 0.6 is 0 Å². The van der Waals surface area contributed by atoms with Crippen LogP contribution in [0, 0.1) is 5.92 Å². The Morgan fingerprint density at radius 2 is 1.51 bits per heavy atom. The number of H-pyrrole nitrogens is 1. The molecule has 0 aliphatic rings. The van der Waals surface area contributed by atoms with Crippen LogP contribution in [0.3, 0.4) is 0 Å². The molecule has 0 aliphatic carbocycles. The maximum Gasteiger partial charge on any atom is 0.282 e. The van der Waals surface area contributed by atoms with Crippen LogP contribution in [-0.2, 0) is 6.54 Å². The van der Waals surface area contributed by atoms with Crippen molar-refractivity contribution in [3.8, 4) is 39.3 Å². The van der Waals surface area contributed by atoms with E-state index >= 15 is 0 Å². The lowest BCUT2D eigenvalue weighted by Gasteiger charge is -2.23. The van der Waals surface area contributed by atoms with Crippen molar-refractivity contribution in [2.24, 2.45) is 11.7 Å². The van der Waals surface area contributed by atoms with Crippen molar-refractivity contribution in [3.05, 3.63) is 101 Å². The van der Waals surface area contributed by atoms with Gasteiger partial charge in [-0.2, -0.15) is 9.61 Å². The van der Waals surface area contributed by atoms with Crippen LogP contribution in [0.4, 0.5) is 0 Å². The van der Waals surface area contributed by atoms with Crippen LogP contribution in [0.2, 0.25) is 0 Å². The van der Waals surface area contributed by atoms with Gasteiger partial charge in [-0.1, -0.05) is 86.6 Å². The summed E-state index contributed by atoms with van der Waals surface area (Å²) in [4.78, 5) is 17.7. The van der Waals surface area contributed by atoms with Gasteiger partial charge in [0.2, 0.25) is 0 Å². The third kappa shape index (κ3) is 5.22. The summed E-state index contributed by atoms with van der Waals surface area (Å²) in [5.74, 6) is 0.758. The number of methoxy groups -OCH3 is 1. The molecule has 8 heteroatoms. The molecule has 5 aromatic rings. The minimum Gasteiger partial charge on any atom is -0.497 e. The monoisotopic (exact) mass is 523 g/mol. The van der Waals surface area contributed by atoms with E-state index in [1.807, 2.05) is 98.8 Å². The van der Waals surface area contributed by atoms with Crippen molar-refractivity contribution in [2.45, 2.75) is 32.7 Å². The molecule has 5 N–H and O–H groups in total. The first-order valence-corrected chi connectivity index (χ1v) is 13.0. The summed E-state index contributed by atoms with van der Waals surface area (Å²) in [6.07, 6.45) is -0.952. The smallest absolute Gasteiger partial charge is 0.282 e. The Labute approximate surface area is 227 Å². The molecule has 3 aromatic carbocycles.